The zero-order valence-electron chi connectivity index (χ0n) is 12.9. The van der Waals surface area contributed by atoms with Gasteiger partial charge in [-0.25, -0.2) is 4.39 Å². The van der Waals surface area contributed by atoms with Gasteiger partial charge in [-0.15, -0.1) is 0 Å². The molecule has 0 saturated carbocycles. The third kappa shape index (κ3) is 4.42. The average molecular weight is 333 g/mol. The summed E-state index contributed by atoms with van der Waals surface area (Å²) in [6.45, 7) is 0.420. The van der Waals surface area contributed by atoms with Gasteiger partial charge < -0.3 is 15.4 Å². The largest absolute Gasteiger partial charge is 0.497 e. The van der Waals surface area contributed by atoms with Gasteiger partial charge in [0.15, 0.2) is 0 Å². The molecule has 2 aromatic rings. The molecule has 0 spiro atoms. The van der Waals surface area contributed by atoms with E-state index in [1.54, 1.807) is 24.3 Å². The monoisotopic (exact) mass is 333 g/mol. The molecule has 0 bridgehead atoms. The Morgan fingerprint density at radius 3 is 2.75 bits per heavy atom. The van der Waals surface area contributed by atoms with E-state index in [-0.39, 0.29) is 30.4 Å². The van der Waals surface area contributed by atoms with Crippen LogP contribution in [0.1, 0.15) is 10.4 Å². The molecule has 0 aliphatic carbocycles. The molecule has 0 atom stereocenters. The molecular formula is C16H16FN3O4. The molecule has 0 aliphatic heterocycles. The molecule has 7 nitrogen and oxygen atoms in total. The van der Waals surface area contributed by atoms with Gasteiger partial charge in [0.25, 0.3) is 11.6 Å². The van der Waals surface area contributed by atoms with E-state index < -0.39 is 10.7 Å². The summed E-state index contributed by atoms with van der Waals surface area (Å²) in [5.74, 6) is -0.316. The zero-order valence-corrected chi connectivity index (χ0v) is 12.9. The van der Waals surface area contributed by atoms with Crippen LogP contribution in [0.4, 0.5) is 15.8 Å². The highest BCUT2D eigenvalue weighted by Crippen LogP contribution is 2.24. The number of nitrogens with one attached hydrogen (secondary N) is 2. The zero-order chi connectivity index (χ0) is 17.5. The SMILES string of the molecule is COc1cccc(C(=O)NCCNc2cc(F)ccc2[N+](=O)[O-])c1. The molecule has 0 heterocycles. The van der Waals surface area contributed by atoms with Gasteiger partial charge in [-0.2, -0.15) is 0 Å². The predicted molar refractivity (Wildman–Crippen MR) is 86.9 cm³/mol. The van der Waals surface area contributed by atoms with Crippen LogP contribution in [0.15, 0.2) is 42.5 Å². The molecule has 0 aliphatic rings. The van der Waals surface area contributed by atoms with E-state index in [0.717, 1.165) is 18.2 Å². The number of methoxy groups -OCH3 is 1. The maximum Gasteiger partial charge on any atom is 0.292 e. The van der Waals surface area contributed by atoms with Gasteiger partial charge in [0.2, 0.25) is 0 Å². The van der Waals surface area contributed by atoms with Crippen molar-refractivity contribution in [3.63, 3.8) is 0 Å². The number of nitrogens with zero attached hydrogens (tertiary/aromatic N) is 1. The first-order valence-electron chi connectivity index (χ1n) is 7.11. The first kappa shape index (κ1) is 17.2. The van der Waals surface area contributed by atoms with Crippen LogP contribution in [-0.4, -0.2) is 31.0 Å². The molecule has 126 valence electrons. The second-order valence-electron chi connectivity index (χ2n) is 4.83. The molecule has 1 amide bonds. The Hall–Kier alpha value is -3.16. The Morgan fingerprint density at radius 1 is 1.25 bits per heavy atom. The molecular weight excluding hydrogens is 317 g/mol. The van der Waals surface area contributed by atoms with Crippen molar-refractivity contribution < 1.29 is 18.8 Å². The minimum atomic E-state index is -0.601. The number of halogens is 1. The smallest absolute Gasteiger partial charge is 0.292 e. The normalized spacial score (nSPS) is 10.1. The van der Waals surface area contributed by atoms with Crippen LogP contribution in [0.2, 0.25) is 0 Å². The lowest BCUT2D eigenvalue weighted by atomic mass is 10.2. The van der Waals surface area contributed by atoms with Crippen LogP contribution >= 0.6 is 0 Å². The van der Waals surface area contributed by atoms with Crippen molar-refractivity contribution in [2.24, 2.45) is 0 Å². The van der Waals surface area contributed by atoms with E-state index in [1.165, 1.54) is 7.11 Å². The van der Waals surface area contributed by atoms with Crippen molar-refractivity contribution in [3.8, 4) is 5.75 Å². The highest BCUT2D eigenvalue weighted by atomic mass is 19.1. The molecule has 8 heteroatoms. The number of carbonyl (C=O) groups is 1. The van der Waals surface area contributed by atoms with E-state index in [4.69, 9.17) is 4.74 Å². The fourth-order valence-electron chi connectivity index (χ4n) is 2.05. The van der Waals surface area contributed by atoms with Gasteiger partial charge in [0, 0.05) is 30.8 Å². The molecule has 0 radical (unpaired) electrons. The van der Waals surface area contributed by atoms with Crippen LogP contribution in [0.3, 0.4) is 0 Å². The summed E-state index contributed by atoms with van der Waals surface area (Å²) >= 11 is 0. The lowest BCUT2D eigenvalue weighted by Gasteiger charge is -2.09. The number of amides is 1. The third-order valence-electron chi connectivity index (χ3n) is 3.21. The summed E-state index contributed by atoms with van der Waals surface area (Å²) in [5, 5.41) is 16.3. The Morgan fingerprint density at radius 2 is 2.04 bits per heavy atom. The summed E-state index contributed by atoms with van der Waals surface area (Å²) in [7, 11) is 1.51. The molecule has 2 N–H and O–H groups in total. The van der Waals surface area contributed by atoms with Crippen LogP contribution in [0.25, 0.3) is 0 Å². The molecule has 0 aromatic heterocycles. The number of hydrogen-bond donors (Lipinski definition) is 2. The average Bonchev–Trinajstić information content (AvgIpc) is 2.58. The number of benzene rings is 2. The number of rotatable bonds is 7. The molecule has 0 saturated heterocycles. The third-order valence-corrected chi connectivity index (χ3v) is 3.21. The summed E-state index contributed by atoms with van der Waals surface area (Å²) in [5.41, 5.74) is 0.275. The van der Waals surface area contributed by atoms with Crippen molar-refractivity contribution in [3.05, 3.63) is 64.0 Å². The predicted octanol–water partition coefficient (Wildman–Crippen LogP) is 2.58. The Kier molecular flexibility index (Phi) is 5.67. The van der Waals surface area contributed by atoms with Gasteiger partial charge in [0.05, 0.1) is 12.0 Å². The number of hydrogen-bond acceptors (Lipinski definition) is 5. The van der Waals surface area contributed by atoms with Crippen molar-refractivity contribution in [2.45, 2.75) is 0 Å². The first-order valence-corrected chi connectivity index (χ1v) is 7.11. The van der Waals surface area contributed by atoms with Gasteiger partial charge in [-0.3, -0.25) is 14.9 Å². The fraction of sp³-hybridized carbons (Fsp3) is 0.188. The fourth-order valence-corrected chi connectivity index (χ4v) is 2.05. The van der Waals surface area contributed by atoms with Gasteiger partial charge >= 0.3 is 0 Å². The summed E-state index contributed by atoms with van der Waals surface area (Å²) in [4.78, 5) is 22.3. The summed E-state index contributed by atoms with van der Waals surface area (Å²) < 4.78 is 18.2. The van der Waals surface area contributed by atoms with Crippen molar-refractivity contribution in [1.82, 2.24) is 5.32 Å². The minimum Gasteiger partial charge on any atom is -0.497 e. The molecule has 24 heavy (non-hydrogen) atoms. The number of anilines is 1. The van der Waals surface area contributed by atoms with Crippen molar-refractivity contribution in [2.75, 3.05) is 25.5 Å². The lowest BCUT2D eigenvalue weighted by Crippen LogP contribution is -2.28. The first-order chi connectivity index (χ1) is 11.5. The summed E-state index contributed by atoms with van der Waals surface area (Å²) in [6, 6.07) is 9.81. The Balaban J connectivity index is 1.90. The highest BCUT2D eigenvalue weighted by molar-refractivity contribution is 5.94. The minimum absolute atomic E-state index is 0.0654. The number of ether oxygens (including phenoxy) is 1. The maximum absolute atomic E-state index is 13.2. The molecule has 0 unspecified atom stereocenters. The topological polar surface area (TPSA) is 93.5 Å². The Labute approximate surface area is 137 Å². The van der Waals surface area contributed by atoms with Crippen LogP contribution in [0, 0.1) is 15.9 Å². The second kappa shape index (κ2) is 7.91. The summed E-state index contributed by atoms with van der Waals surface area (Å²) in [6.07, 6.45) is 0. The van der Waals surface area contributed by atoms with E-state index >= 15 is 0 Å². The van der Waals surface area contributed by atoms with Crippen LogP contribution < -0.4 is 15.4 Å². The number of nitro groups is 1. The van der Waals surface area contributed by atoms with E-state index in [1.807, 2.05) is 0 Å². The molecule has 2 rings (SSSR count). The highest BCUT2D eigenvalue weighted by Gasteiger charge is 2.14. The number of nitro benzene ring substituents is 1. The quantitative estimate of drug-likeness (QED) is 0.461. The van der Waals surface area contributed by atoms with Crippen molar-refractivity contribution >= 4 is 17.3 Å². The van der Waals surface area contributed by atoms with E-state index in [9.17, 15) is 19.3 Å². The van der Waals surface area contributed by atoms with Gasteiger partial charge in [-0.05, 0) is 24.3 Å². The molecule has 0 fully saturated rings. The Bertz CT molecular complexity index is 752. The lowest BCUT2D eigenvalue weighted by molar-refractivity contribution is -0.384. The maximum atomic E-state index is 13.2. The van der Waals surface area contributed by atoms with Gasteiger partial charge in [0.1, 0.15) is 17.3 Å². The van der Waals surface area contributed by atoms with Crippen molar-refractivity contribution in [1.29, 1.82) is 0 Å². The number of carbonyl (C=O) groups excluding carboxylic acids is 1. The standard InChI is InChI=1S/C16H16FN3O4/c1-24-13-4-2-3-11(9-13)16(21)19-8-7-18-14-10-12(17)5-6-15(14)20(22)23/h2-6,9-10,18H,7-8H2,1H3,(H,19,21). The van der Waals surface area contributed by atoms with E-state index in [0.29, 0.717) is 11.3 Å². The second-order valence-corrected chi connectivity index (χ2v) is 4.83. The molecule has 2 aromatic carbocycles. The van der Waals surface area contributed by atoms with Gasteiger partial charge in [-0.1, -0.05) is 6.07 Å². The van der Waals surface area contributed by atoms with E-state index in [2.05, 4.69) is 10.6 Å². The van der Waals surface area contributed by atoms with Crippen LogP contribution in [0.5, 0.6) is 5.75 Å². The van der Waals surface area contributed by atoms with Crippen LogP contribution in [-0.2, 0) is 0 Å².